The van der Waals surface area contributed by atoms with E-state index in [1.54, 1.807) is 13.0 Å². The van der Waals surface area contributed by atoms with Crippen LogP contribution in [0.5, 0.6) is 0 Å². The average molecular weight is 283 g/mol. The molecular formula is C11H13N3O4S. The minimum absolute atomic E-state index is 0.163. The summed E-state index contributed by atoms with van der Waals surface area (Å²) in [6.45, 7) is 1.75. The van der Waals surface area contributed by atoms with Crippen LogP contribution in [-0.2, 0) is 14.8 Å². The number of sulfonamides is 1. The summed E-state index contributed by atoms with van der Waals surface area (Å²) in [7, 11) is -4.09. The number of nitrogens with one attached hydrogen (secondary N) is 1. The van der Waals surface area contributed by atoms with Crippen molar-refractivity contribution in [3.05, 3.63) is 24.0 Å². The molecule has 102 valence electrons. The van der Waals surface area contributed by atoms with Crippen molar-refractivity contribution >= 4 is 16.0 Å². The molecule has 0 aromatic carbocycles. The topological polar surface area (TPSA) is 120 Å². The van der Waals surface area contributed by atoms with Gasteiger partial charge in [-0.25, -0.2) is 13.4 Å². The number of aromatic nitrogens is 1. The van der Waals surface area contributed by atoms with Gasteiger partial charge in [-0.15, -0.1) is 0 Å². The largest absolute Gasteiger partial charge is 0.480 e. The number of nitriles is 1. The monoisotopic (exact) mass is 283 g/mol. The van der Waals surface area contributed by atoms with Gasteiger partial charge in [0.1, 0.15) is 17.0 Å². The summed E-state index contributed by atoms with van der Waals surface area (Å²) in [6.07, 6.45) is 1.96. The first-order valence-corrected chi connectivity index (χ1v) is 7.01. The third-order valence-corrected chi connectivity index (χ3v) is 3.84. The number of nitrogens with zero attached hydrogens (tertiary/aromatic N) is 2. The Morgan fingerprint density at radius 1 is 1.63 bits per heavy atom. The van der Waals surface area contributed by atoms with Crippen molar-refractivity contribution in [2.45, 2.75) is 30.7 Å². The normalized spacial score (nSPS) is 12.6. The first-order valence-electron chi connectivity index (χ1n) is 5.52. The lowest BCUT2D eigenvalue weighted by molar-refractivity contribution is -0.139. The fraction of sp³-hybridized carbons (Fsp3) is 0.364. The smallest absolute Gasteiger partial charge is 0.321 e. The number of carbonyl (C=O) groups is 1. The Morgan fingerprint density at radius 3 is 2.84 bits per heavy atom. The van der Waals surface area contributed by atoms with Gasteiger partial charge in [0, 0.05) is 6.20 Å². The fourth-order valence-corrected chi connectivity index (χ4v) is 2.79. The maximum absolute atomic E-state index is 12.0. The van der Waals surface area contributed by atoms with Gasteiger partial charge in [-0.3, -0.25) is 4.79 Å². The van der Waals surface area contributed by atoms with Gasteiger partial charge in [-0.05, 0) is 18.6 Å². The van der Waals surface area contributed by atoms with E-state index in [4.69, 9.17) is 10.4 Å². The highest BCUT2D eigenvalue weighted by atomic mass is 32.2. The molecule has 1 aromatic rings. The van der Waals surface area contributed by atoms with E-state index in [-0.39, 0.29) is 17.0 Å². The van der Waals surface area contributed by atoms with Crippen LogP contribution in [0, 0.1) is 11.3 Å². The van der Waals surface area contributed by atoms with E-state index in [0.29, 0.717) is 6.42 Å². The second-order valence-corrected chi connectivity index (χ2v) is 5.45. The number of hydrogen-bond acceptors (Lipinski definition) is 5. The molecule has 1 rings (SSSR count). The molecule has 0 spiro atoms. The molecule has 0 aliphatic carbocycles. The number of carboxylic acid groups (broad SMARTS) is 1. The summed E-state index contributed by atoms with van der Waals surface area (Å²) in [5, 5.41) is 17.7. The van der Waals surface area contributed by atoms with Crippen molar-refractivity contribution in [1.29, 1.82) is 5.26 Å². The molecule has 0 saturated carbocycles. The van der Waals surface area contributed by atoms with Crippen molar-refractivity contribution in [3.8, 4) is 6.07 Å². The maximum atomic E-state index is 12.0. The summed E-state index contributed by atoms with van der Waals surface area (Å²) in [5.74, 6) is -1.26. The molecule has 1 atom stereocenters. The minimum Gasteiger partial charge on any atom is -0.480 e. The lowest BCUT2D eigenvalue weighted by Gasteiger charge is -2.14. The number of rotatable bonds is 6. The highest BCUT2D eigenvalue weighted by Crippen LogP contribution is 2.13. The van der Waals surface area contributed by atoms with E-state index in [9.17, 15) is 13.2 Å². The van der Waals surface area contributed by atoms with Crippen LogP contribution in [0.25, 0.3) is 0 Å². The zero-order valence-electron chi connectivity index (χ0n) is 10.2. The molecule has 7 nitrogen and oxygen atoms in total. The molecule has 1 heterocycles. The molecule has 2 N–H and O–H groups in total. The van der Waals surface area contributed by atoms with Gasteiger partial charge in [0.25, 0.3) is 0 Å². The number of hydrogen-bond donors (Lipinski definition) is 2. The molecule has 19 heavy (non-hydrogen) atoms. The molecule has 0 radical (unpaired) electrons. The Morgan fingerprint density at radius 2 is 2.32 bits per heavy atom. The Balaban J connectivity index is 3.11. The van der Waals surface area contributed by atoms with Crippen molar-refractivity contribution in [1.82, 2.24) is 9.71 Å². The quantitative estimate of drug-likeness (QED) is 0.783. The van der Waals surface area contributed by atoms with E-state index in [0.717, 1.165) is 0 Å². The molecule has 0 saturated heterocycles. The fourth-order valence-electron chi connectivity index (χ4n) is 1.46. The van der Waals surface area contributed by atoms with Gasteiger partial charge < -0.3 is 5.11 Å². The van der Waals surface area contributed by atoms with Crippen LogP contribution in [0.2, 0.25) is 0 Å². The molecule has 0 bridgehead atoms. The van der Waals surface area contributed by atoms with E-state index < -0.39 is 22.0 Å². The molecule has 8 heteroatoms. The van der Waals surface area contributed by atoms with Crippen molar-refractivity contribution in [2.24, 2.45) is 0 Å². The summed E-state index contributed by atoms with van der Waals surface area (Å²) in [5.41, 5.74) is -0.268. The van der Waals surface area contributed by atoms with Crippen LogP contribution in [0.4, 0.5) is 0 Å². The van der Waals surface area contributed by atoms with Crippen molar-refractivity contribution < 1.29 is 18.3 Å². The highest BCUT2D eigenvalue weighted by Gasteiger charge is 2.26. The van der Waals surface area contributed by atoms with Gasteiger partial charge >= 0.3 is 5.97 Å². The predicted octanol–water partition coefficient (Wildman–Crippen LogP) is 0.485. The molecule has 0 aliphatic rings. The zero-order chi connectivity index (χ0) is 14.5. The summed E-state index contributed by atoms with van der Waals surface area (Å²) in [6, 6.07) is 3.01. The van der Waals surface area contributed by atoms with Crippen LogP contribution in [0.15, 0.2) is 23.2 Å². The standard InChI is InChI=1S/C11H13N3O4S/c1-2-4-8(11(15)16)14-19(17,18)10-5-3-6-13-9(10)7-12/h3,5-6,8,14H,2,4H2,1H3,(H,15,16)/t8-/m1/s1. The minimum atomic E-state index is -4.09. The summed E-state index contributed by atoms with van der Waals surface area (Å²) in [4.78, 5) is 14.3. The second kappa shape index (κ2) is 6.26. The van der Waals surface area contributed by atoms with Gasteiger partial charge in [-0.1, -0.05) is 13.3 Å². The predicted molar refractivity (Wildman–Crippen MR) is 65.6 cm³/mol. The average Bonchev–Trinajstić information content (AvgIpc) is 2.38. The molecule has 0 aliphatic heterocycles. The zero-order valence-corrected chi connectivity index (χ0v) is 11.0. The van der Waals surface area contributed by atoms with E-state index in [1.165, 1.54) is 18.3 Å². The van der Waals surface area contributed by atoms with E-state index in [1.807, 2.05) is 0 Å². The third kappa shape index (κ3) is 3.74. The van der Waals surface area contributed by atoms with Crippen LogP contribution >= 0.6 is 0 Å². The Kier molecular flexibility index (Phi) is 4.97. The highest BCUT2D eigenvalue weighted by molar-refractivity contribution is 7.89. The molecule has 1 aromatic heterocycles. The van der Waals surface area contributed by atoms with Gasteiger partial charge in [0.05, 0.1) is 0 Å². The van der Waals surface area contributed by atoms with E-state index in [2.05, 4.69) is 9.71 Å². The Bertz CT molecular complexity index is 607. The van der Waals surface area contributed by atoms with Crippen LogP contribution < -0.4 is 4.72 Å². The number of carboxylic acids is 1. The summed E-state index contributed by atoms with van der Waals surface area (Å²) < 4.78 is 26.1. The summed E-state index contributed by atoms with van der Waals surface area (Å²) >= 11 is 0. The van der Waals surface area contributed by atoms with Crippen LogP contribution in [0.1, 0.15) is 25.5 Å². The SMILES string of the molecule is CCC[C@@H](NS(=O)(=O)c1cccnc1C#N)C(=O)O. The molecular weight excluding hydrogens is 270 g/mol. The van der Waals surface area contributed by atoms with E-state index >= 15 is 0 Å². The molecule has 0 amide bonds. The lowest BCUT2D eigenvalue weighted by Crippen LogP contribution is -2.40. The van der Waals surface area contributed by atoms with Crippen molar-refractivity contribution in [3.63, 3.8) is 0 Å². The lowest BCUT2D eigenvalue weighted by atomic mass is 10.2. The Labute approximate surface area is 110 Å². The second-order valence-electron chi connectivity index (χ2n) is 3.76. The van der Waals surface area contributed by atoms with Gasteiger partial charge in [0.15, 0.2) is 5.69 Å². The van der Waals surface area contributed by atoms with Gasteiger partial charge in [0.2, 0.25) is 10.0 Å². The first-order chi connectivity index (χ1) is 8.92. The first kappa shape index (κ1) is 15.1. The molecule has 0 unspecified atom stereocenters. The molecule has 0 fully saturated rings. The van der Waals surface area contributed by atoms with Crippen LogP contribution in [-0.4, -0.2) is 30.5 Å². The Hall–Kier alpha value is -1.98. The van der Waals surface area contributed by atoms with Crippen LogP contribution in [0.3, 0.4) is 0 Å². The number of pyridine rings is 1. The number of aliphatic carboxylic acids is 1. The third-order valence-electron chi connectivity index (χ3n) is 2.34. The van der Waals surface area contributed by atoms with Gasteiger partial charge in [-0.2, -0.15) is 9.98 Å². The maximum Gasteiger partial charge on any atom is 0.321 e. The van der Waals surface area contributed by atoms with Crippen molar-refractivity contribution in [2.75, 3.05) is 0 Å².